The Kier molecular flexibility index (Phi) is 8.00. The van der Waals surface area contributed by atoms with Crippen molar-refractivity contribution in [1.29, 1.82) is 5.26 Å². The topological polar surface area (TPSA) is 119 Å². The molecule has 2 fully saturated rings. The second-order valence-electron chi connectivity index (χ2n) is 11.2. The lowest BCUT2D eigenvalue weighted by atomic mass is 10.0. The number of nitrogens with zero attached hydrogens (tertiary/aromatic N) is 7. The van der Waals surface area contributed by atoms with E-state index in [0.717, 1.165) is 4.90 Å². The number of amides is 1. The maximum atomic E-state index is 16.5. The van der Waals surface area contributed by atoms with Crippen molar-refractivity contribution < 1.29 is 32.2 Å². The van der Waals surface area contributed by atoms with Crippen LogP contribution in [0.3, 0.4) is 0 Å². The summed E-state index contributed by atoms with van der Waals surface area (Å²) in [6, 6.07) is 8.01. The van der Waals surface area contributed by atoms with Crippen LogP contribution < -0.4 is 9.64 Å². The second kappa shape index (κ2) is 11.8. The number of hydrogen-bond donors (Lipinski definition) is 1. The molecule has 0 bridgehead atoms. The maximum Gasteiger partial charge on any atom is 0.407 e. The van der Waals surface area contributed by atoms with Crippen LogP contribution in [0.1, 0.15) is 12.8 Å². The standard InChI is InChI=1S/C30H26ClF4N7O3/c1-40-15-30(34,35)11-18(40)14-45-28-38-26-20(27(39-28)41-9-10-42(29(43)44)17(13-41)7-8-36)12-37-25(24(26)33)19-4-2-3-16-5-6-21(32)23(31)22(16)19/h2-6,12,17-18H,7,9-11,13-15H2,1H3,(H,43,44). The predicted octanol–water partition coefficient (Wildman–Crippen LogP) is 5.58. The number of anilines is 1. The van der Waals surface area contributed by atoms with E-state index in [9.17, 15) is 28.3 Å². The highest BCUT2D eigenvalue weighted by atomic mass is 35.5. The first-order chi connectivity index (χ1) is 21.5. The van der Waals surface area contributed by atoms with E-state index in [1.165, 1.54) is 23.2 Å². The number of likely N-dealkylation sites (N-methyl/N-ethyl adjacent to an activating group) is 1. The Bertz CT molecular complexity index is 1860. The number of hydrogen-bond acceptors (Lipinski definition) is 8. The predicted molar refractivity (Wildman–Crippen MR) is 158 cm³/mol. The fourth-order valence-corrected chi connectivity index (χ4v) is 6.29. The first-order valence-corrected chi connectivity index (χ1v) is 14.4. The SMILES string of the molecule is CN1CC(F)(F)CC1COc1nc(N2CCN(C(=O)O)C(CC#N)C2)c2cnc(-c3cccc4ccc(F)c(Cl)c34)c(F)c2n1. The largest absolute Gasteiger partial charge is 0.465 e. The van der Waals surface area contributed by atoms with Crippen LogP contribution in [0, 0.1) is 23.0 Å². The summed E-state index contributed by atoms with van der Waals surface area (Å²) in [5, 5.41) is 19.7. The third-order valence-electron chi connectivity index (χ3n) is 8.23. The minimum Gasteiger partial charge on any atom is -0.465 e. The maximum absolute atomic E-state index is 16.5. The van der Waals surface area contributed by atoms with Crippen LogP contribution in [0.25, 0.3) is 32.9 Å². The number of likely N-dealkylation sites (tertiary alicyclic amines) is 1. The van der Waals surface area contributed by atoms with Gasteiger partial charge in [0.05, 0.1) is 35.5 Å². The minimum atomic E-state index is -2.89. The smallest absolute Gasteiger partial charge is 0.407 e. The van der Waals surface area contributed by atoms with Crippen LogP contribution in [0.4, 0.5) is 28.2 Å². The molecule has 2 aliphatic rings. The van der Waals surface area contributed by atoms with Gasteiger partial charge in [0.15, 0.2) is 5.82 Å². The van der Waals surface area contributed by atoms with E-state index in [1.807, 2.05) is 6.07 Å². The van der Waals surface area contributed by atoms with E-state index < -0.39 is 48.7 Å². The van der Waals surface area contributed by atoms with Gasteiger partial charge in [-0.05, 0) is 18.5 Å². The van der Waals surface area contributed by atoms with Gasteiger partial charge in [-0.2, -0.15) is 15.2 Å². The van der Waals surface area contributed by atoms with E-state index in [1.54, 1.807) is 30.1 Å². The Morgan fingerprint density at radius 3 is 2.71 bits per heavy atom. The number of pyridine rings is 1. The number of nitriles is 1. The lowest BCUT2D eigenvalue weighted by Crippen LogP contribution is -2.55. The zero-order valence-electron chi connectivity index (χ0n) is 23.9. The van der Waals surface area contributed by atoms with Gasteiger partial charge < -0.3 is 19.6 Å². The summed E-state index contributed by atoms with van der Waals surface area (Å²) in [7, 11) is 1.55. The number of carbonyl (C=O) groups is 1. The van der Waals surface area contributed by atoms with Crippen molar-refractivity contribution in [3.05, 3.63) is 53.2 Å². The van der Waals surface area contributed by atoms with Gasteiger partial charge in [0.2, 0.25) is 0 Å². The molecule has 10 nitrogen and oxygen atoms in total. The molecule has 234 valence electrons. The highest BCUT2D eigenvalue weighted by Crippen LogP contribution is 2.39. The van der Waals surface area contributed by atoms with Crippen molar-refractivity contribution in [3.63, 3.8) is 0 Å². The van der Waals surface area contributed by atoms with Crippen molar-refractivity contribution in [2.75, 3.05) is 44.7 Å². The van der Waals surface area contributed by atoms with Crippen molar-refractivity contribution in [2.24, 2.45) is 0 Å². The molecule has 0 aliphatic carbocycles. The molecule has 4 aromatic rings. The fraction of sp³-hybridized carbons (Fsp3) is 0.367. The first-order valence-electron chi connectivity index (χ1n) is 14.0. The Labute approximate surface area is 259 Å². The van der Waals surface area contributed by atoms with Crippen molar-refractivity contribution in [1.82, 2.24) is 24.8 Å². The van der Waals surface area contributed by atoms with Crippen molar-refractivity contribution in [3.8, 4) is 23.3 Å². The molecule has 15 heteroatoms. The normalized spacial score (nSPS) is 20.1. The molecule has 2 unspecified atom stereocenters. The van der Waals surface area contributed by atoms with Gasteiger partial charge in [-0.15, -0.1) is 0 Å². The second-order valence-corrected chi connectivity index (χ2v) is 11.5. The summed E-state index contributed by atoms with van der Waals surface area (Å²) in [5.74, 6) is -4.28. The van der Waals surface area contributed by atoms with E-state index in [2.05, 4.69) is 15.0 Å². The molecule has 0 saturated carbocycles. The summed E-state index contributed by atoms with van der Waals surface area (Å²) < 4.78 is 64.8. The molecule has 2 saturated heterocycles. The van der Waals surface area contributed by atoms with E-state index >= 15 is 4.39 Å². The molecular formula is C30H26ClF4N7O3. The summed E-state index contributed by atoms with van der Waals surface area (Å²) in [5.41, 5.74) is -0.144. The molecule has 2 aromatic heterocycles. The molecule has 2 aromatic carbocycles. The number of benzene rings is 2. The molecule has 1 amide bonds. The summed E-state index contributed by atoms with van der Waals surface area (Å²) in [4.78, 5) is 29.3. The van der Waals surface area contributed by atoms with Crippen LogP contribution in [0.2, 0.25) is 5.02 Å². The van der Waals surface area contributed by atoms with Gasteiger partial charge in [0, 0.05) is 49.2 Å². The minimum absolute atomic E-state index is 0.0411. The third-order valence-corrected chi connectivity index (χ3v) is 8.60. The van der Waals surface area contributed by atoms with Crippen LogP contribution in [-0.2, 0) is 0 Å². The van der Waals surface area contributed by atoms with Gasteiger partial charge in [0.25, 0.3) is 5.92 Å². The molecular weight excluding hydrogens is 618 g/mol. The lowest BCUT2D eigenvalue weighted by molar-refractivity contribution is 0.0136. The third kappa shape index (κ3) is 5.73. The average Bonchev–Trinajstić information content (AvgIpc) is 3.28. The van der Waals surface area contributed by atoms with Gasteiger partial charge >= 0.3 is 12.1 Å². The van der Waals surface area contributed by atoms with E-state index in [-0.39, 0.29) is 77.1 Å². The number of halogens is 5. The number of rotatable bonds is 6. The summed E-state index contributed by atoms with van der Waals surface area (Å²) >= 11 is 6.31. The zero-order valence-corrected chi connectivity index (χ0v) is 24.6. The van der Waals surface area contributed by atoms with Gasteiger partial charge in [-0.1, -0.05) is 35.9 Å². The number of piperazine rings is 1. The average molecular weight is 644 g/mol. The molecule has 45 heavy (non-hydrogen) atoms. The quantitative estimate of drug-likeness (QED) is 0.269. The summed E-state index contributed by atoms with van der Waals surface area (Å²) in [6.07, 6.45) is -0.344. The molecule has 1 N–H and O–H groups in total. The van der Waals surface area contributed by atoms with Gasteiger partial charge in [-0.3, -0.25) is 9.88 Å². The Morgan fingerprint density at radius 1 is 1.20 bits per heavy atom. The molecule has 4 heterocycles. The van der Waals surface area contributed by atoms with Crippen molar-refractivity contribution >= 4 is 45.2 Å². The van der Waals surface area contributed by atoms with Gasteiger partial charge in [0.1, 0.15) is 29.5 Å². The summed E-state index contributed by atoms with van der Waals surface area (Å²) in [6.45, 7) is -0.377. The fourth-order valence-electron chi connectivity index (χ4n) is 6.02. The highest BCUT2D eigenvalue weighted by molar-refractivity contribution is 6.36. The van der Waals surface area contributed by atoms with Crippen molar-refractivity contribution in [2.45, 2.75) is 30.8 Å². The van der Waals surface area contributed by atoms with Crippen LogP contribution in [0.15, 0.2) is 36.5 Å². The number of fused-ring (bicyclic) bond motifs is 2. The number of carboxylic acid groups (broad SMARTS) is 1. The van der Waals surface area contributed by atoms with Crippen LogP contribution >= 0.6 is 11.6 Å². The Hall–Kier alpha value is -4.48. The van der Waals surface area contributed by atoms with Crippen LogP contribution in [-0.4, -0.2) is 93.8 Å². The molecule has 0 radical (unpaired) electrons. The lowest BCUT2D eigenvalue weighted by Gasteiger charge is -2.39. The molecule has 6 rings (SSSR count). The highest BCUT2D eigenvalue weighted by Gasteiger charge is 2.43. The van der Waals surface area contributed by atoms with E-state index in [4.69, 9.17) is 16.3 Å². The zero-order chi connectivity index (χ0) is 32.0. The first kappa shape index (κ1) is 30.5. The van der Waals surface area contributed by atoms with Gasteiger partial charge in [-0.25, -0.2) is 22.4 Å². The molecule has 0 spiro atoms. The number of aromatic nitrogens is 3. The monoisotopic (exact) mass is 643 g/mol. The Balaban J connectivity index is 1.46. The van der Waals surface area contributed by atoms with E-state index in [0.29, 0.717) is 5.39 Å². The van der Waals surface area contributed by atoms with Crippen LogP contribution in [0.5, 0.6) is 6.01 Å². The Morgan fingerprint density at radius 2 is 2.00 bits per heavy atom. The number of ether oxygens (including phenoxy) is 1. The molecule has 2 aliphatic heterocycles. The number of alkyl halides is 2. The molecule has 2 atom stereocenters.